The van der Waals surface area contributed by atoms with Crippen LogP contribution in [0.1, 0.15) is 419 Å². The third-order valence-electron chi connectivity index (χ3n) is 16.8. The van der Waals surface area contributed by atoms with E-state index in [1.165, 1.54) is 315 Å². The molecule has 0 aliphatic heterocycles. The lowest BCUT2D eigenvalue weighted by atomic mass is 10.0. The zero-order valence-electron chi connectivity index (χ0n) is 53.9. The topological polar surface area (TPSA) is 78.9 Å². The van der Waals surface area contributed by atoms with Crippen LogP contribution in [-0.4, -0.2) is 37.2 Å². The molecule has 0 spiro atoms. The van der Waals surface area contributed by atoms with Gasteiger partial charge in [0.15, 0.2) is 6.10 Å². The van der Waals surface area contributed by atoms with Crippen molar-refractivity contribution < 1.29 is 28.6 Å². The molecule has 0 fully saturated rings. The summed E-state index contributed by atoms with van der Waals surface area (Å²) in [4.78, 5) is 38.4. The van der Waals surface area contributed by atoms with Crippen LogP contribution < -0.4 is 0 Å². The van der Waals surface area contributed by atoms with Crippen LogP contribution in [-0.2, 0) is 28.6 Å². The minimum Gasteiger partial charge on any atom is -0.462 e. The normalized spacial score (nSPS) is 12.0. The first-order valence-electron chi connectivity index (χ1n) is 36.2. The molecule has 0 N–H and O–H groups in total. The van der Waals surface area contributed by atoms with Crippen LogP contribution in [0.25, 0.3) is 0 Å². The van der Waals surface area contributed by atoms with Crippen molar-refractivity contribution in [3.05, 3.63) is 12.2 Å². The second kappa shape index (κ2) is 68.6. The molecule has 0 aliphatic carbocycles. The van der Waals surface area contributed by atoms with Crippen LogP contribution in [0.2, 0.25) is 0 Å². The molecule has 0 aromatic carbocycles. The van der Waals surface area contributed by atoms with Gasteiger partial charge < -0.3 is 14.2 Å². The summed E-state index contributed by atoms with van der Waals surface area (Å²) in [5.74, 6) is -0.839. The fourth-order valence-corrected chi connectivity index (χ4v) is 11.3. The van der Waals surface area contributed by atoms with Crippen LogP contribution in [0.4, 0.5) is 0 Å². The molecule has 0 amide bonds. The van der Waals surface area contributed by atoms with Crippen molar-refractivity contribution >= 4 is 17.9 Å². The average molecular weight is 1110 g/mol. The molecule has 6 heteroatoms. The van der Waals surface area contributed by atoms with Crippen LogP contribution >= 0.6 is 0 Å². The van der Waals surface area contributed by atoms with E-state index in [1.54, 1.807) is 0 Å². The molecule has 0 saturated heterocycles. The van der Waals surface area contributed by atoms with Gasteiger partial charge in [-0.3, -0.25) is 14.4 Å². The van der Waals surface area contributed by atoms with Gasteiger partial charge >= 0.3 is 17.9 Å². The van der Waals surface area contributed by atoms with Gasteiger partial charge in [-0.15, -0.1) is 0 Å². The standard InChI is InChI=1S/C73H140O6/c1-4-7-10-13-16-19-22-25-27-29-31-33-35-36-37-38-40-41-43-45-48-51-54-57-60-63-66-72(75)78-69-70(68-77-71(74)65-62-59-56-53-50-47-24-21-18-15-12-9-6-3)79-73(76)67-64-61-58-55-52-49-46-44-42-39-34-32-30-28-26-23-20-17-14-11-8-5-2/h21,24,70H,4-20,22-23,25-69H2,1-3H3/b24-21-. The SMILES string of the molecule is CCCCCC/C=C\CCCCCCCC(=O)OCC(COC(=O)CCCCCCCCCCCCCCCCCCCCCCCCCCCC)OC(=O)CCCCCCCCCCCCCCCCCCCCCCCC. The molecule has 0 bridgehead atoms. The molecule has 1 atom stereocenters. The number of rotatable bonds is 68. The first-order chi connectivity index (χ1) is 39.0. The van der Waals surface area contributed by atoms with Gasteiger partial charge in [-0.1, -0.05) is 367 Å². The zero-order valence-corrected chi connectivity index (χ0v) is 53.9. The Morgan fingerprint density at radius 3 is 0.646 bits per heavy atom. The summed E-state index contributed by atoms with van der Waals surface area (Å²) >= 11 is 0. The average Bonchev–Trinajstić information content (AvgIpc) is 3.45. The lowest BCUT2D eigenvalue weighted by Gasteiger charge is -2.18. The zero-order chi connectivity index (χ0) is 57.1. The molecule has 0 aromatic heterocycles. The van der Waals surface area contributed by atoms with Crippen molar-refractivity contribution in [2.75, 3.05) is 13.2 Å². The molecule has 0 rings (SSSR count). The quantitative estimate of drug-likeness (QED) is 0.0261. The van der Waals surface area contributed by atoms with E-state index >= 15 is 0 Å². The summed E-state index contributed by atoms with van der Waals surface area (Å²) in [6.07, 6.45) is 82.5. The van der Waals surface area contributed by atoms with Gasteiger partial charge in [0, 0.05) is 19.3 Å². The van der Waals surface area contributed by atoms with Crippen molar-refractivity contribution in [2.24, 2.45) is 0 Å². The highest BCUT2D eigenvalue weighted by Crippen LogP contribution is 2.19. The molecule has 0 radical (unpaired) electrons. The molecule has 0 aliphatic rings. The van der Waals surface area contributed by atoms with Gasteiger partial charge in [-0.05, 0) is 44.9 Å². The van der Waals surface area contributed by atoms with Crippen LogP contribution in [0, 0.1) is 0 Å². The van der Waals surface area contributed by atoms with Gasteiger partial charge in [0.1, 0.15) is 13.2 Å². The van der Waals surface area contributed by atoms with E-state index in [0.29, 0.717) is 19.3 Å². The summed E-state index contributed by atoms with van der Waals surface area (Å²) in [5, 5.41) is 0. The fourth-order valence-electron chi connectivity index (χ4n) is 11.3. The molecule has 0 aromatic rings. The lowest BCUT2D eigenvalue weighted by molar-refractivity contribution is -0.167. The maximum absolute atomic E-state index is 13.0. The van der Waals surface area contributed by atoms with Crippen molar-refractivity contribution in [3.63, 3.8) is 0 Å². The number of hydrogen-bond donors (Lipinski definition) is 0. The monoisotopic (exact) mass is 1110 g/mol. The Bertz CT molecular complexity index is 1230. The lowest BCUT2D eigenvalue weighted by Crippen LogP contribution is -2.30. The Hall–Kier alpha value is -1.85. The van der Waals surface area contributed by atoms with Gasteiger partial charge in [-0.2, -0.15) is 0 Å². The molecule has 6 nitrogen and oxygen atoms in total. The molecule has 1 unspecified atom stereocenters. The number of allylic oxidation sites excluding steroid dienone is 2. The second-order valence-electron chi connectivity index (χ2n) is 24.9. The number of hydrogen-bond acceptors (Lipinski definition) is 6. The van der Waals surface area contributed by atoms with Crippen molar-refractivity contribution in [1.29, 1.82) is 0 Å². The predicted octanol–water partition coefficient (Wildman–Crippen LogP) is 24.8. The van der Waals surface area contributed by atoms with Crippen molar-refractivity contribution in [2.45, 2.75) is 425 Å². The third kappa shape index (κ3) is 66.8. The highest BCUT2D eigenvalue weighted by molar-refractivity contribution is 5.71. The molecule has 79 heavy (non-hydrogen) atoms. The van der Waals surface area contributed by atoms with Crippen molar-refractivity contribution in [1.82, 2.24) is 0 Å². The minimum atomic E-state index is -0.770. The van der Waals surface area contributed by atoms with E-state index in [-0.39, 0.29) is 31.1 Å². The number of unbranched alkanes of at least 4 members (excludes halogenated alkanes) is 55. The van der Waals surface area contributed by atoms with Crippen molar-refractivity contribution in [3.8, 4) is 0 Å². The Labute approximate surface area is 494 Å². The Kier molecular flexibility index (Phi) is 67.0. The number of esters is 3. The first kappa shape index (κ1) is 77.2. The summed E-state index contributed by atoms with van der Waals surface area (Å²) in [6.45, 7) is 6.71. The summed E-state index contributed by atoms with van der Waals surface area (Å²) in [6, 6.07) is 0. The highest BCUT2D eigenvalue weighted by Gasteiger charge is 2.19. The fraction of sp³-hybridized carbons (Fsp3) is 0.932. The van der Waals surface area contributed by atoms with Crippen LogP contribution in [0.5, 0.6) is 0 Å². The Morgan fingerprint density at radius 2 is 0.418 bits per heavy atom. The Balaban J connectivity index is 4.18. The molecular formula is C73H140O6. The van der Waals surface area contributed by atoms with Gasteiger partial charge in [0.2, 0.25) is 0 Å². The predicted molar refractivity (Wildman–Crippen MR) is 344 cm³/mol. The minimum absolute atomic E-state index is 0.0656. The number of carbonyl (C=O) groups excluding carboxylic acids is 3. The smallest absolute Gasteiger partial charge is 0.306 e. The molecule has 0 heterocycles. The summed E-state index contributed by atoms with van der Waals surface area (Å²) in [5.41, 5.74) is 0. The van der Waals surface area contributed by atoms with E-state index < -0.39 is 6.10 Å². The summed E-state index contributed by atoms with van der Waals surface area (Å²) in [7, 11) is 0. The van der Waals surface area contributed by atoms with E-state index in [4.69, 9.17) is 14.2 Å². The van der Waals surface area contributed by atoms with E-state index in [1.807, 2.05) is 0 Å². The first-order valence-corrected chi connectivity index (χ1v) is 36.2. The second-order valence-corrected chi connectivity index (χ2v) is 24.9. The van der Waals surface area contributed by atoms with Gasteiger partial charge in [0.05, 0.1) is 0 Å². The van der Waals surface area contributed by atoms with Gasteiger partial charge in [0.25, 0.3) is 0 Å². The molecular weight excluding hydrogens is 973 g/mol. The maximum atomic E-state index is 13.0. The number of carbonyl (C=O) groups is 3. The Morgan fingerprint density at radius 1 is 0.241 bits per heavy atom. The summed E-state index contributed by atoms with van der Waals surface area (Å²) < 4.78 is 17.0. The van der Waals surface area contributed by atoms with E-state index in [9.17, 15) is 14.4 Å². The van der Waals surface area contributed by atoms with Crippen LogP contribution in [0.3, 0.4) is 0 Å². The van der Waals surface area contributed by atoms with E-state index in [2.05, 4.69) is 32.9 Å². The maximum Gasteiger partial charge on any atom is 0.306 e. The molecule has 0 saturated carbocycles. The van der Waals surface area contributed by atoms with E-state index in [0.717, 1.165) is 64.2 Å². The third-order valence-corrected chi connectivity index (χ3v) is 16.8. The molecule has 468 valence electrons. The largest absolute Gasteiger partial charge is 0.462 e. The highest BCUT2D eigenvalue weighted by atomic mass is 16.6. The number of ether oxygens (including phenoxy) is 3. The van der Waals surface area contributed by atoms with Crippen LogP contribution in [0.15, 0.2) is 12.2 Å². The van der Waals surface area contributed by atoms with Gasteiger partial charge in [-0.25, -0.2) is 0 Å².